The molecule has 0 bridgehead atoms. The van der Waals surface area contributed by atoms with Gasteiger partial charge in [0.2, 0.25) is 0 Å². The molecule has 0 amide bonds. The quantitative estimate of drug-likeness (QED) is 0.619. The smallest absolute Gasteiger partial charge is 0.261 e. The van der Waals surface area contributed by atoms with Gasteiger partial charge in [-0.05, 0) is 15.9 Å². The van der Waals surface area contributed by atoms with Gasteiger partial charge in [0.25, 0.3) is 6.43 Å². The van der Waals surface area contributed by atoms with Gasteiger partial charge >= 0.3 is 0 Å². The van der Waals surface area contributed by atoms with E-state index in [0.717, 1.165) is 5.82 Å². The van der Waals surface area contributed by atoms with Crippen molar-refractivity contribution in [1.82, 2.24) is 9.97 Å². The van der Waals surface area contributed by atoms with Crippen molar-refractivity contribution in [2.24, 2.45) is 0 Å². The summed E-state index contributed by atoms with van der Waals surface area (Å²) in [5, 5.41) is 3.00. The van der Waals surface area contributed by atoms with E-state index in [1.54, 1.807) is 6.07 Å². The summed E-state index contributed by atoms with van der Waals surface area (Å²) in [6, 6.07) is 1.74. The largest absolute Gasteiger partial charge is 0.374 e. The average Bonchev–Trinajstić information content (AvgIpc) is 2.27. The summed E-state index contributed by atoms with van der Waals surface area (Å²) in [5.74, 6) is 1.60. The first-order valence-electron chi connectivity index (χ1n) is 5.63. The Bertz CT molecular complexity index is 377. The Morgan fingerprint density at radius 3 is 2.72 bits per heavy atom. The second-order valence-electron chi connectivity index (χ2n) is 3.98. The van der Waals surface area contributed by atoms with E-state index in [2.05, 4.69) is 31.2 Å². The molecule has 1 aromatic rings. The number of hydrogen-bond donors (Lipinski definition) is 1. The molecule has 0 unspecified atom stereocenters. The Kier molecular flexibility index (Phi) is 6.42. The normalized spacial score (nSPS) is 11.3. The van der Waals surface area contributed by atoms with Crippen molar-refractivity contribution in [3.63, 3.8) is 0 Å². The van der Waals surface area contributed by atoms with Crippen LogP contribution < -0.4 is 5.32 Å². The van der Waals surface area contributed by atoms with E-state index in [-0.39, 0.29) is 12.5 Å². The first-order chi connectivity index (χ1) is 8.49. The average molecular weight is 324 g/mol. The highest BCUT2D eigenvalue weighted by Gasteiger charge is 2.06. The third kappa shape index (κ3) is 5.68. The highest BCUT2D eigenvalue weighted by Crippen LogP contribution is 2.17. The highest BCUT2D eigenvalue weighted by molar-refractivity contribution is 9.10. The molecule has 0 aliphatic carbocycles. The maximum absolute atomic E-state index is 11.8. The molecule has 0 radical (unpaired) electrons. The summed E-state index contributed by atoms with van der Waals surface area (Å²) in [5.41, 5.74) is 0. The third-order valence-corrected chi connectivity index (χ3v) is 2.43. The standard InChI is InChI=1S/C11H16BrF2N3O/c1-7(2)11-16-8(12)5-10(17-11)15-3-4-18-6-9(13)14/h5,7,9H,3-4,6H2,1-2H3,(H,15,16,17). The van der Waals surface area contributed by atoms with Crippen LogP contribution in [0.5, 0.6) is 0 Å². The topological polar surface area (TPSA) is 47.0 Å². The van der Waals surface area contributed by atoms with E-state index in [1.165, 1.54) is 0 Å². The number of rotatable bonds is 7. The molecular formula is C11H16BrF2N3O. The van der Waals surface area contributed by atoms with Crippen LogP contribution in [-0.4, -0.2) is 36.2 Å². The van der Waals surface area contributed by atoms with Crippen molar-refractivity contribution in [2.45, 2.75) is 26.2 Å². The van der Waals surface area contributed by atoms with Crippen molar-refractivity contribution in [2.75, 3.05) is 25.1 Å². The Hall–Kier alpha value is -0.820. The monoisotopic (exact) mass is 323 g/mol. The molecule has 1 heterocycles. The number of nitrogens with zero attached hydrogens (tertiary/aromatic N) is 2. The molecule has 1 rings (SSSR count). The molecule has 18 heavy (non-hydrogen) atoms. The lowest BCUT2D eigenvalue weighted by molar-refractivity contribution is 0.0215. The number of alkyl halides is 2. The fraction of sp³-hybridized carbons (Fsp3) is 0.636. The zero-order chi connectivity index (χ0) is 13.5. The maximum atomic E-state index is 11.8. The summed E-state index contributed by atoms with van der Waals surface area (Å²) < 4.78 is 29.1. The molecule has 0 saturated heterocycles. The van der Waals surface area contributed by atoms with Crippen LogP contribution in [0.25, 0.3) is 0 Å². The highest BCUT2D eigenvalue weighted by atomic mass is 79.9. The van der Waals surface area contributed by atoms with E-state index in [1.807, 2.05) is 13.8 Å². The van der Waals surface area contributed by atoms with Gasteiger partial charge in [0.1, 0.15) is 22.9 Å². The van der Waals surface area contributed by atoms with Crippen molar-refractivity contribution < 1.29 is 13.5 Å². The van der Waals surface area contributed by atoms with Crippen LogP contribution >= 0.6 is 15.9 Å². The van der Waals surface area contributed by atoms with Crippen LogP contribution in [0.1, 0.15) is 25.6 Å². The predicted octanol–water partition coefficient (Wildman–Crippen LogP) is 3.06. The molecule has 0 aliphatic rings. The van der Waals surface area contributed by atoms with Crippen LogP contribution in [0.3, 0.4) is 0 Å². The molecule has 4 nitrogen and oxygen atoms in total. The van der Waals surface area contributed by atoms with Crippen LogP contribution in [0, 0.1) is 0 Å². The van der Waals surface area contributed by atoms with Gasteiger partial charge in [-0.3, -0.25) is 0 Å². The molecule has 102 valence electrons. The van der Waals surface area contributed by atoms with E-state index in [0.29, 0.717) is 17.0 Å². The summed E-state index contributed by atoms with van der Waals surface area (Å²) >= 11 is 3.30. The van der Waals surface area contributed by atoms with Gasteiger partial charge < -0.3 is 10.1 Å². The van der Waals surface area contributed by atoms with Crippen LogP contribution in [0.15, 0.2) is 10.7 Å². The van der Waals surface area contributed by atoms with E-state index in [9.17, 15) is 8.78 Å². The van der Waals surface area contributed by atoms with Gasteiger partial charge in [0.15, 0.2) is 0 Å². The lowest BCUT2D eigenvalue weighted by Crippen LogP contribution is -2.14. The number of nitrogens with one attached hydrogen (secondary N) is 1. The molecule has 0 fully saturated rings. The molecule has 0 spiro atoms. The van der Waals surface area contributed by atoms with Gasteiger partial charge in [-0.25, -0.2) is 18.7 Å². The van der Waals surface area contributed by atoms with Gasteiger partial charge in [-0.1, -0.05) is 13.8 Å². The number of ether oxygens (including phenoxy) is 1. The Balaban J connectivity index is 2.42. The first kappa shape index (κ1) is 15.2. The van der Waals surface area contributed by atoms with E-state index in [4.69, 9.17) is 4.74 Å². The maximum Gasteiger partial charge on any atom is 0.261 e. The fourth-order valence-electron chi connectivity index (χ4n) is 1.21. The van der Waals surface area contributed by atoms with Gasteiger partial charge in [0.05, 0.1) is 6.61 Å². The van der Waals surface area contributed by atoms with Crippen molar-refractivity contribution in [3.05, 3.63) is 16.5 Å². The second kappa shape index (κ2) is 7.58. The number of aromatic nitrogens is 2. The molecule has 0 atom stereocenters. The van der Waals surface area contributed by atoms with Crippen LogP contribution in [0.2, 0.25) is 0 Å². The zero-order valence-corrected chi connectivity index (χ0v) is 11.9. The van der Waals surface area contributed by atoms with Crippen molar-refractivity contribution >= 4 is 21.7 Å². The number of hydrogen-bond acceptors (Lipinski definition) is 4. The Labute approximate surface area is 113 Å². The predicted molar refractivity (Wildman–Crippen MR) is 69.1 cm³/mol. The first-order valence-corrected chi connectivity index (χ1v) is 6.42. The third-order valence-electron chi connectivity index (χ3n) is 2.02. The summed E-state index contributed by atoms with van der Waals surface area (Å²) in [4.78, 5) is 8.55. The molecule has 0 aromatic carbocycles. The SMILES string of the molecule is CC(C)c1nc(Br)cc(NCCOCC(F)F)n1. The summed E-state index contributed by atoms with van der Waals surface area (Å²) in [7, 11) is 0. The number of halogens is 3. The molecule has 7 heteroatoms. The van der Waals surface area contributed by atoms with Gasteiger partial charge in [0, 0.05) is 18.5 Å². The second-order valence-corrected chi connectivity index (χ2v) is 4.79. The molecule has 0 aliphatic heterocycles. The molecule has 1 aromatic heterocycles. The van der Waals surface area contributed by atoms with Crippen LogP contribution in [0.4, 0.5) is 14.6 Å². The van der Waals surface area contributed by atoms with Crippen molar-refractivity contribution in [1.29, 1.82) is 0 Å². The molecule has 0 saturated carbocycles. The number of anilines is 1. The van der Waals surface area contributed by atoms with Crippen LogP contribution in [-0.2, 0) is 4.74 Å². The minimum Gasteiger partial charge on any atom is -0.374 e. The van der Waals surface area contributed by atoms with E-state index < -0.39 is 13.0 Å². The molecular weight excluding hydrogens is 308 g/mol. The Morgan fingerprint density at radius 2 is 2.11 bits per heavy atom. The summed E-state index contributed by atoms with van der Waals surface area (Å²) in [6.45, 7) is 4.09. The minimum absolute atomic E-state index is 0.211. The van der Waals surface area contributed by atoms with E-state index >= 15 is 0 Å². The fourth-order valence-corrected chi connectivity index (χ4v) is 1.61. The minimum atomic E-state index is -2.43. The van der Waals surface area contributed by atoms with Gasteiger partial charge in [-0.2, -0.15) is 0 Å². The zero-order valence-electron chi connectivity index (χ0n) is 10.3. The van der Waals surface area contributed by atoms with Gasteiger partial charge in [-0.15, -0.1) is 0 Å². The Morgan fingerprint density at radius 1 is 1.39 bits per heavy atom. The summed E-state index contributed by atoms with van der Waals surface area (Å²) in [6.07, 6.45) is -2.43. The van der Waals surface area contributed by atoms with Crippen molar-refractivity contribution in [3.8, 4) is 0 Å². The lowest BCUT2D eigenvalue weighted by Gasteiger charge is -2.10. The molecule has 1 N–H and O–H groups in total. The lowest BCUT2D eigenvalue weighted by atomic mass is 10.2.